The van der Waals surface area contributed by atoms with E-state index >= 15 is 0 Å². The van der Waals surface area contributed by atoms with E-state index in [-0.39, 0.29) is 35.1 Å². The molecule has 2 aromatic rings. The summed E-state index contributed by atoms with van der Waals surface area (Å²) in [5.74, 6) is -1.11. The van der Waals surface area contributed by atoms with E-state index in [1.54, 1.807) is 43.0 Å². The Morgan fingerprint density at radius 2 is 1.52 bits per heavy atom. The molecule has 176 valence electrons. The first-order chi connectivity index (χ1) is 15.5. The first-order valence-electron chi connectivity index (χ1n) is 10.7. The van der Waals surface area contributed by atoms with Gasteiger partial charge in [-0.25, -0.2) is 0 Å². The first-order valence-corrected chi connectivity index (χ1v) is 10.7. The fourth-order valence-electron chi connectivity index (χ4n) is 3.53. The summed E-state index contributed by atoms with van der Waals surface area (Å²) in [5, 5.41) is 5.63. The van der Waals surface area contributed by atoms with Crippen LogP contribution in [0, 0.1) is 11.8 Å². The Morgan fingerprint density at radius 3 is 2.06 bits per heavy atom. The Kier molecular flexibility index (Phi) is 7.40. The van der Waals surface area contributed by atoms with Crippen molar-refractivity contribution in [3.05, 3.63) is 59.7 Å². The van der Waals surface area contributed by atoms with E-state index in [9.17, 15) is 27.6 Å². The van der Waals surface area contributed by atoms with Crippen LogP contribution >= 0.6 is 0 Å². The molecule has 9 heteroatoms. The van der Waals surface area contributed by atoms with Crippen molar-refractivity contribution in [1.82, 2.24) is 4.90 Å². The van der Waals surface area contributed by atoms with E-state index in [2.05, 4.69) is 10.6 Å². The maximum Gasteiger partial charge on any atom is 0.416 e. The molecule has 2 aromatic carbocycles. The van der Waals surface area contributed by atoms with E-state index < -0.39 is 11.7 Å². The SMILES string of the molecule is CC(C)C(=O)Nc1cccc(NC(=O)C2CCN(C(=O)c3ccc(C(F)(F)F)cc3)CC2)c1. The van der Waals surface area contributed by atoms with Gasteiger partial charge >= 0.3 is 6.18 Å². The topological polar surface area (TPSA) is 78.5 Å². The molecule has 2 N–H and O–H groups in total. The smallest absolute Gasteiger partial charge is 0.339 e. The number of piperidine rings is 1. The molecule has 0 aliphatic carbocycles. The van der Waals surface area contributed by atoms with Gasteiger partial charge in [0.1, 0.15) is 0 Å². The maximum atomic E-state index is 12.7. The Morgan fingerprint density at radius 1 is 0.939 bits per heavy atom. The van der Waals surface area contributed by atoms with Crippen LogP contribution in [-0.2, 0) is 15.8 Å². The van der Waals surface area contributed by atoms with Gasteiger partial charge in [-0.1, -0.05) is 19.9 Å². The van der Waals surface area contributed by atoms with Gasteiger partial charge < -0.3 is 15.5 Å². The van der Waals surface area contributed by atoms with Crippen molar-refractivity contribution < 1.29 is 27.6 Å². The van der Waals surface area contributed by atoms with Crippen LogP contribution in [-0.4, -0.2) is 35.7 Å². The molecule has 0 bridgehead atoms. The second-order valence-electron chi connectivity index (χ2n) is 8.36. The highest BCUT2D eigenvalue weighted by Crippen LogP contribution is 2.29. The molecule has 1 saturated heterocycles. The summed E-state index contributed by atoms with van der Waals surface area (Å²) in [4.78, 5) is 38.7. The molecule has 33 heavy (non-hydrogen) atoms. The second kappa shape index (κ2) is 10.1. The summed E-state index contributed by atoms with van der Waals surface area (Å²) < 4.78 is 38.1. The molecule has 1 fully saturated rings. The number of benzene rings is 2. The van der Waals surface area contributed by atoms with Crippen molar-refractivity contribution in [3.63, 3.8) is 0 Å². The maximum absolute atomic E-state index is 12.7. The molecule has 3 rings (SSSR count). The lowest BCUT2D eigenvalue weighted by Crippen LogP contribution is -2.41. The third-order valence-electron chi connectivity index (χ3n) is 5.53. The summed E-state index contributed by atoms with van der Waals surface area (Å²) in [7, 11) is 0. The van der Waals surface area contributed by atoms with Gasteiger partial charge in [-0.15, -0.1) is 0 Å². The van der Waals surface area contributed by atoms with Crippen LogP contribution in [0.1, 0.15) is 42.6 Å². The van der Waals surface area contributed by atoms with Crippen molar-refractivity contribution in [2.45, 2.75) is 32.9 Å². The van der Waals surface area contributed by atoms with Crippen LogP contribution in [0.5, 0.6) is 0 Å². The molecule has 1 heterocycles. The number of carbonyl (C=O) groups excluding carboxylic acids is 3. The zero-order chi connectivity index (χ0) is 24.2. The number of nitrogens with one attached hydrogen (secondary N) is 2. The summed E-state index contributed by atoms with van der Waals surface area (Å²) in [6, 6.07) is 11.0. The molecule has 0 spiro atoms. The summed E-state index contributed by atoms with van der Waals surface area (Å²) in [6.07, 6.45) is -3.56. The number of amides is 3. The van der Waals surface area contributed by atoms with Gasteiger partial charge in [0.2, 0.25) is 11.8 Å². The summed E-state index contributed by atoms with van der Waals surface area (Å²) in [5.41, 5.74) is 0.529. The molecule has 0 saturated carbocycles. The molecule has 0 atom stereocenters. The minimum absolute atomic E-state index is 0.122. The van der Waals surface area contributed by atoms with Gasteiger partial charge in [-0.05, 0) is 55.3 Å². The highest BCUT2D eigenvalue weighted by molar-refractivity contribution is 5.96. The van der Waals surface area contributed by atoms with Crippen molar-refractivity contribution in [2.24, 2.45) is 11.8 Å². The predicted octanol–water partition coefficient (Wildman–Crippen LogP) is 4.79. The summed E-state index contributed by atoms with van der Waals surface area (Å²) >= 11 is 0. The minimum Gasteiger partial charge on any atom is -0.339 e. The summed E-state index contributed by atoms with van der Waals surface area (Å²) in [6.45, 7) is 4.25. The van der Waals surface area contributed by atoms with Gasteiger partial charge in [0.05, 0.1) is 5.56 Å². The lowest BCUT2D eigenvalue weighted by atomic mass is 9.95. The third kappa shape index (κ3) is 6.34. The Labute approximate surface area is 190 Å². The normalized spacial score (nSPS) is 14.8. The van der Waals surface area contributed by atoms with Crippen LogP contribution in [0.4, 0.5) is 24.5 Å². The van der Waals surface area contributed by atoms with E-state index in [1.165, 1.54) is 12.1 Å². The van der Waals surface area contributed by atoms with Crippen molar-refractivity contribution >= 4 is 29.1 Å². The molecule has 1 aliphatic rings. The first kappa shape index (κ1) is 24.3. The average molecular weight is 461 g/mol. The number of carbonyl (C=O) groups is 3. The quantitative estimate of drug-likeness (QED) is 0.672. The predicted molar refractivity (Wildman–Crippen MR) is 119 cm³/mol. The highest BCUT2D eigenvalue weighted by atomic mass is 19.4. The Hall–Kier alpha value is -3.36. The van der Waals surface area contributed by atoms with Gasteiger partial charge in [0, 0.05) is 41.9 Å². The zero-order valence-electron chi connectivity index (χ0n) is 18.4. The molecule has 6 nitrogen and oxygen atoms in total. The van der Waals surface area contributed by atoms with Crippen LogP contribution in [0.3, 0.4) is 0 Å². The van der Waals surface area contributed by atoms with Crippen LogP contribution in [0.25, 0.3) is 0 Å². The molecule has 1 aliphatic heterocycles. The zero-order valence-corrected chi connectivity index (χ0v) is 18.4. The van der Waals surface area contributed by atoms with Gasteiger partial charge in [-0.2, -0.15) is 13.2 Å². The van der Waals surface area contributed by atoms with Gasteiger partial charge in [0.25, 0.3) is 5.91 Å². The van der Waals surface area contributed by atoms with E-state index in [0.29, 0.717) is 37.3 Å². The van der Waals surface area contributed by atoms with Crippen molar-refractivity contribution in [3.8, 4) is 0 Å². The van der Waals surface area contributed by atoms with Crippen LogP contribution in [0.2, 0.25) is 0 Å². The highest BCUT2D eigenvalue weighted by Gasteiger charge is 2.31. The lowest BCUT2D eigenvalue weighted by Gasteiger charge is -2.31. The van der Waals surface area contributed by atoms with Crippen molar-refractivity contribution in [2.75, 3.05) is 23.7 Å². The fraction of sp³-hybridized carbons (Fsp3) is 0.375. The number of alkyl halides is 3. The monoisotopic (exact) mass is 461 g/mol. The molecule has 0 radical (unpaired) electrons. The fourth-order valence-corrected chi connectivity index (χ4v) is 3.53. The van der Waals surface area contributed by atoms with E-state index in [0.717, 1.165) is 12.1 Å². The molecule has 0 unspecified atom stereocenters. The Balaban J connectivity index is 1.54. The number of rotatable bonds is 5. The molecular weight excluding hydrogens is 435 g/mol. The Bertz CT molecular complexity index is 1010. The number of likely N-dealkylation sites (tertiary alicyclic amines) is 1. The van der Waals surface area contributed by atoms with Gasteiger partial charge in [0.15, 0.2) is 0 Å². The minimum atomic E-state index is -4.45. The number of hydrogen-bond donors (Lipinski definition) is 2. The number of hydrogen-bond acceptors (Lipinski definition) is 3. The molecular formula is C24H26F3N3O3. The third-order valence-corrected chi connectivity index (χ3v) is 5.53. The van der Waals surface area contributed by atoms with Crippen molar-refractivity contribution in [1.29, 1.82) is 0 Å². The van der Waals surface area contributed by atoms with E-state index in [4.69, 9.17) is 0 Å². The average Bonchev–Trinajstić information content (AvgIpc) is 2.78. The standard InChI is InChI=1S/C24H26F3N3O3/c1-15(2)21(31)28-19-4-3-5-20(14-19)29-22(32)16-10-12-30(13-11-16)23(33)17-6-8-18(9-7-17)24(25,26)27/h3-9,14-16H,10-13H2,1-2H3,(H,28,31)(H,29,32). The lowest BCUT2D eigenvalue weighted by molar-refractivity contribution is -0.137. The van der Waals surface area contributed by atoms with Gasteiger partial charge in [-0.3, -0.25) is 14.4 Å². The van der Waals surface area contributed by atoms with Crippen LogP contribution in [0.15, 0.2) is 48.5 Å². The second-order valence-corrected chi connectivity index (χ2v) is 8.36. The number of anilines is 2. The van der Waals surface area contributed by atoms with Crippen LogP contribution < -0.4 is 10.6 Å². The molecule has 0 aromatic heterocycles. The number of nitrogens with zero attached hydrogens (tertiary/aromatic N) is 1. The van der Waals surface area contributed by atoms with E-state index in [1.807, 2.05) is 0 Å². The number of halogens is 3. The molecule has 3 amide bonds. The largest absolute Gasteiger partial charge is 0.416 e.